The fraction of sp³-hybridized carbons (Fsp3) is 0.143. The van der Waals surface area contributed by atoms with Crippen LogP contribution in [0.1, 0.15) is 22.8 Å². The molecule has 2 N–H and O–H groups in total. The summed E-state index contributed by atoms with van der Waals surface area (Å²) in [5.74, 6) is -3.20. The van der Waals surface area contributed by atoms with Crippen molar-refractivity contribution < 1.29 is 38.9 Å². The van der Waals surface area contributed by atoms with Gasteiger partial charge in [-0.2, -0.15) is 0 Å². The number of aromatic hydroxyl groups is 2. The molecule has 2 aliphatic rings. The van der Waals surface area contributed by atoms with E-state index in [0.717, 1.165) is 25.3 Å². The maximum absolute atomic E-state index is 12.9. The minimum absolute atomic E-state index is 0.0230. The summed E-state index contributed by atoms with van der Waals surface area (Å²) in [5, 5.41) is 19.4. The summed E-state index contributed by atoms with van der Waals surface area (Å²) in [6.07, 6.45) is 6.76. The predicted molar refractivity (Wildman–Crippen MR) is 98.9 cm³/mol. The van der Waals surface area contributed by atoms with Crippen molar-refractivity contribution in [1.29, 1.82) is 0 Å². The zero-order chi connectivity index (χ0) is 21.3. The van der Waals surface area contributed by atoms with Crippen molar-refractivity contribution in [1.82, 2.24) is 0 Å². The molecule has 148 valence electrons. The molecule has 8 heteroatoms. The molecule has 0 radical (unpaired) electrons. The molecule has 8 nitrogen and oxygen atoms in total. The van der Waals surface area contributed by atoms with Crippen molar-refractivity contribution in [3.63, 3.8) is 0 Å². The molecule has 0 fully saturated rings. The lowest BCUT2D eigenvalue weighted by molar-refractivity contribution is -0.145. The van der Waals surface area contributed by atoms with Crippen LogP contribution in [-0.4, -0.2) is 39.6 Å². The molecule has 1 aliphatic heterocycles. The minimum Gasteiger partial charge on any atom is -0.508 e. The van der Waals surface area contributed by atoms with Gasteiger partial charge in [-0.1, -0.05) is 0 Å². The highest BCUT2D eigenvalue weighted by atomic mass is 16.6. The molecule has 1 heterocycles. The quantitative estimate of drug-likeness (QED) is 0.342. The Kier molecular flexibility index (Phi) is 4.94. The largest absolute Gasteiger partial charge is 0.508 e. The smallest absolute Gasteiger partial charge is 0.343 e. The maximum atomic E-state index is 12.9. The Balaban J connectivity index is 1.95. The normalized spacial score (nSPS) is 21.0. The summed E-state index contributed by atoms with van der Waals surface area (Å²) in [5.41, 5.74) is -1.94. The Bertz CT molecular complexity index is 1050. The van der Waals surface area contributed by atoms with Gasteiger partial charge < -0.3 is 19.7 Å². The lowest BCUT2D eigenvalue weighted by atomic mass is 9.80. The molecule has 0 saturated carbocycles. The second-order valence-corrected chi connectivity index (χ2v) is 6.56. The molecule has 0 bridgehead atoms. The summed E-state index contributed by atoms with van der Waals surface area (Å²) in [6.45, 7) is 2.61. The Morgan fingerprint density at radius 1 is 1.21 bits per heavy atom. The molecule has 1 aromatic carbocycles. The summed E-state index contributed by atoms with van der Waals surface area (Å²) in [4.78, 5) is 48.6. The Morgan fingerprint density at radius 2 is 1.93 bits per heavy atom. The average molecular weight is 396 g/mol. The van der Waals surface area contributed by atoms with Crippen LogP contribution in [0.3, 0.4) is 0 Å². The second-order valence-electron chi connectivity index (χ2n) is 6.56. The van der Waals surface area contributed by atoms with E-state index in [1.165, 1.54) is 31.2 Å². The SMILES string of the molecule is Cc1cc(O)cc(O)c1C(=O)O[C@]1(C)C(=O)C=C2C=C(/C=C/C=O)OC=C2C1=O. The minimum atomic E-state index is -2.16. The lowest BCUT2D eigenvalue weighted by Gasteiger charge is -2.31. The molecule has 1 aromatic rings. The topological polar surface area (TPSA) is 127 Å². The van der Waals surface area contributed by atoms with E-state index in [1.54, 1.807) is 0 Å². The number of hydrogen-bond donors (Lipinski definition) is 2. The van der Waals surface area contributed by atoms with E-state index in [0.29, 0.717) is 6.29 Å². The van der Waals surface area contributed by atoms with E-state index in [4.69, 9.17) is 9.47 Å². The van der Waals surface area contributed by atoms with E-state index in [9.17, 15) is 29.4 Å². The number of ether oxygens (including phenoxy) is 2. The van der Waals surface area contributed by atoms with Gasteiger partial charge in [-0.05, 0) is 55.4 Å². The van der Waals surface area contributed by atoms with Gasteiger partial charge in [0.1, 0.15) is 35.4 Å². The van der Waals surface area contributed by atoms with Crippen LogP contribution in [0.25, 0.3) is 0 Å². The van der Waals surface area contributed by atoms with Gasteiger partial charge in [0.15, 0.2) is 0 Å². The summed E-state index contributed by atoms with van der Waals surface area (Å²) >= 11 is 0. The number of carbonyl (C=O) groups is 4. The molecule has 0 spiro atoms. The van der Waals surface area contributed by atoms with Gasteiger partial charge in [0.05, 0.1) is 5.57 Å². The number of allylic oxidation sites excluding steroid dienone is 4. The molecule has 0 amide bonds. The van der Waals surface area contributed by atoms with E-state index < -0.39 is 28.9 Å². The first-order valence-electron chi connectivity index (χ1n) is 8.45. The van der Waals surface area contributed by atoms with E-state index in [-0.39, 0.29) is 33.8 Å². The number of phenols is 2. The fourth-order valence-corrected chi connectivity index (χ4v) is 2.98. The lowest BCUT2D eigenvalue weighted by Crippen LogP contribution is -2.50. The van der Waals surface area contributed by atoms with Gasteiger partial charge in [0.2, 0.25) is 17.2 Å². The Morgan fingerprint density at radius 3 is 2.59 bits per heavy atom. The van der Waals surface area contributed by atoms with Gasteiger partial charge >= 0.3 is 5.97 Å². The predicted octanol–water partition coefficient (Wildman–Crippen LogP) is 1.95. The van der Waals surface area contributed by atoms with E-state index in [2.05, 4.69) is 0 Å². The number of ketones is 2. The molecule has 3 rings (SSSR count). The third-order valence-corrected chi connectivity index (χ3v) is 4.50. The fourth-order valence-electron chi connectivity index (χ4n) is 2.98. The van der Waals surface area contributed by atoms with Crippen molar-refractivity contribution in [3.05, 3.63) is 70.7 Å². The van der Waals surface area contributed by atoms with Crippen molar-refractivity contribution >= 4 is 23.8 Å². The molecule has 0 aromatic heterocycles. The number of hydrogen-bond acceptors (Lipinski definition) is 8. The highest BCUT2D eigenvalue weighted by Gasteiger charge is 2.49. The third-order valence-electron chi connectivity index (χ3n) is 4.50. The number of benzene rings is 1. The van der Waals surface area contributed by atoms with Crippen LogP contribution in [-0.2, 0) is 23.9 Å². The molecule has 0 unspecified atom stereocenters. The molecular formula is C21H16O8. The molecule has 0 saturated heterocycles. The summed E-state index contributed by atoms with van der Waals surface area (Å²) in [7, 11) is 0. The van der Waals surface area contributed by atoms with Crippen molar-refractivity contribution in [2.45, 2.75) is 19.4 Å². The number of rotatable bonds is 4. The molecule has 29 heavy (non-hydrogen) atoms. The van der Waals surface area contributed by atoms with Gasteiger partial charge in [-0.15, -0.1) is 0 Å². The standard InChI is InChI=1S/C21H16O8/c1-11-6-13(23)9-16(24)18(11)20(27)29-21(2)17(25)8-12-7-14(4-3-5-22)28-10-15(12)19(21)26/h3-10,23-24H,1-2H3/b4-3+/t21-/m1/s1. The van der Waals surface area contributed by atoms with Crippen LogP contribution < -0.4 is 0 Å². The zero-order valence-corrected chi connectivity index (χ0v) is 15.5. The highest BCUT2D eigenvalue weighted by molar-refractivity contribution is 6.26. The van der Waals surface area contributed by atoms with Crippen LogP contribution in [0.15, 0.2) is 59.6 Å². The van der Waals surface area contributed by atoms with Gasteiger partial charge in [-0.25, -0.2) is 4.79 Å². The molecule has 1 atom stereocenters. The van der Waals surface area contributed by atoms with Gasteiger partial charge in [-0.3, -0.25) is 14.4 Å². The highest BCUT2D eigenvalue weighted by Crippen LogP contribution is 2.35. The van der Waals surface area contributed by atoms with Crippen molar-refractivity contribution in [2.24, 2.45) is 0 Å². The number of phenolic OH excluding ortho intramolecular Hbond substituents is 2. The van der Waals surface area contributed by atoms with Crippen molar-refractivity contribution in [3.8, 4) is 11.5 Å². The first kappa shape index (κ1) is 19.8. The Labute approximate surface area is 165 Å². The zero-order valence-electron chi connectivity index (χ0n) is 15.5. The number of Topliss-reactive ketones (excluding diaryl/α,β-unsaturated/α-hetero) is 1. The van der Waals surface area contributed by atoms with E-state index >= 15 is 0 Å². The van der Waals surface area contributed by atoms with Crippen LogP contribution in [0.5, 0.6) is 11.5 Å². The first-order valence-corrected chi connectivity index (χ1v) is 8.45. The number of aldehydes is 1. The second kappa shape index (κ2) is 7.23. The first-order chi connectivity index (χ1) is 13.7. The number of fused-ring (bicyclic) bond motifs is 1. The van der Waals surface area contributed by atoms with Gasteiger partial charge in [0.25, 0.3) is 0 Å². The number of carbonyl (C=O) groups excluding carboxylic acids is 4. The number of aryl methyl sites for hydroxylation is 1. The average Bonchev–Trinajstić information content (AvgIpc) is 2.64. The summed E-state index contributed by atoms with van der Waals surface area (Å²) < 4.78 is 10.5. The van der Waals surface area contributed by atoms with Crippen LogP contribution >= 0.6 is 0 Å². The number of esters is 1. The monoisotopic (exact) mass is 396 g/mol. The Hall–Kier alpha value is -3.94. The maximum Gasteiger partial charge on any atom is 0.343 e. The molecular weight excluding hydrogens is 380 g/mol. The van der Waals surface area contributed by atoms with Crippen molar-refractivity contribution in [2.75, 3.05) is 0 Å². The van der Waals surface area contributed by atoms with Crippen LogP contribution in [0.2, 0.25) is 0 Å². The van der Waals surface area contributed by atoms with Crippen LogP contribution in [0.4, 0.5) is 0 Å². The molecule has 1 aliphatic carbocycles. The third kappa shape index (κ3) is 3.47. The summed E-state index contributed by atoms with van der Waals surface area (Å²) in [6, 6.07) is 2.18. The van der Waals surface area contributed by atoms with E-state index in [1.807, 2.05) is 0 Å². The van der Waals surface area contributed by atoms with Crippen LogP contribution in [0, 0.1) is 6.92 Å². The van der Waals surface area contributed by atoms with Gasteiger partial charge in [0, 0.05) is 6.07 Å².